The number of rotatable bonds is 4. The maximum atomic E-state index is 12.7. The molecule has 3 rings (SSSR count). The van der Waals surface area contributed by atoms with E-state index in [1.54, 1.807) is 18.2 Å². The third kappa shape index (κ3) is 2.58. The molecule has 0 aromatic heterocycles. The minimum absolute atomic E-state index is 0.123. The number of nitrogens with zero attached hydrogens (tertiary/aromatic N) is 1. The fraction of sp³-hybridized carbons (Fsp3) is 0.375. The van der Waals surface area contributed by atoms with E-state index in [0.29, 0.717) is 24.9 Å². The number of benzene rings is 1. The Bertz CT molecular complexity index is 712. The zero-order chi connectivity index (χ0) is 16.6. The van der Waals surface area contributed by atoms with Crippen LogP contribution in [0.1, 0.15) is 45.5 Å². The Morgan fingerprint density at radius 2 is 2.04 bits per heavy atom. The van der Waals surface area contributed by atoms with E-state index in [4.69, 9.17) is 5.11 Å². The van der Waals surface area contributed by atoms with Crippen molar-refractivity contribution in [2.45, 2.75) is 31.7 Å². The number of piperidine rings is 1. The highest BCUT2D eigenvalue weighted by molar-refractivity contribution is 6.23. The first kappa shape index (κ1) is 15.2. The second-order valence-electron chi connectivity index (χ2n) is 5.66. The van der Waals surface area contributed by atoms with Gasteiger partial charge in [-0.25, -0.2) is 0 Å². The largest absolute Gasteiger partial charge is 0.481 e. The minimum Gasteiger partial charge on any atom is -0.481 e. The molecule has 23 heavy (non-hydrogen) atoms. The van der Waals surface area contributed by atoms with Gasteiger partial charge in [0.1, 0.15) is 6.04 Å². The van der Waals surface area contributed by atoms with Crippen LogP contribution in [0.3, 0.4) is 0 Å². The molecular formula is C16H16N2O5. The van der Waals surface area contributed by atoms with Crippen LogP contribution in [-0.4, -0.2) is 46.3 Å². The molecule has 1 aromatic carbocycles. The van der Waals surface area contributed by atoms with E-state index >= 15 is 0 Å². The van der Waals surface area contributed by atoms with E-state index in [0.717, 1.165) is 4.90 Å². The lowest BCUT2D eigenvalue weighted by Gasteiger charge is -2.28. The van der Waals surface area contributed by atoms with Crippen LogP contribution in [0, 0.1) is 0 Å². The maximum absolute atomic E-state index is 12.7. The number of hydrogen-bond donors (Lipinski definition) is 2. The van der Waals surface area contributed by atoms with Gasteiger partial charge in [-0.05, 0) is 30.9 Å². The molecular weight excluding hydrogens is 300 g/mol. The van der Waals surface area contributed by atoms with Gasteiger partial charge in [0.05, 0.1) is 11.1 Å². The number of fused-ring (bicyclic) bond motifs is 1. The first-order valence-electron chi connectivity index (χ1n) is 7.50. The Balaban J connectivity index is 1.95. The average molecular weight is 316 g/mol. The van der Waals surface area contributed by atoms with Gasteiger partial charge in [-0.2, -0.15) is 0 Å². The van der Waals surface area contributed by atoms with Crippen LogP contribution in [0.4, 0.5) is 0 Å². The molecule has 7 nitrogen and oxygen atoms in total. The Labute approximate surface area is 132 Å². The number of carbonyl (C=O) groups excluding carboxylic acids is 3. The van der Waals surface area contributed by atoms with Crippen molar-refractivity contribution >= 4 is 23.7 Å². The Hall–Kier alpha value is -2.70. The van der Waals surface area contributed by atoms with E-state index in [9.17, 15) is 19.2 Å². The first-order valence-corrected chi connectivity index (χ1v) is 7.50. The molecule has 3 amide bonds. The standard InChI is InChI=1S/C16H16N2O5/c19-12(20)7-6-9-3-1-4-10-13(9)16(23)18(15(10)22)11-5-2-8-17-14(11)21/h1,3-4,11H,2,5-8H2,(H,17,21)(H,19,20). The number of imide groups is 1. The van der Waals surface area contributed by atoms with E-state index in [2.05, 4.69) is 5.32 Å². The van der Waals surface area contributed by atoms with Crippen LogP contribution in [0.15, 0.2) is 18.2 Å². The summed E-state index contributed by atoms with van der Waals surface area (Å²) in [7, 11) is 0. The van der Waals surface area contributed by atoms with Gasteiger partial charge < -0.3 is 10.4 Å². The van der Waals surface area contributed by atoms with Crippen LogP contribution in [0.25, 0.3) is 0 Å². The Morgan fingerprint density at radius 3 is 2.74 bits per heavy atom. The number of hydrogen-bond acceptors (Lipinski definition) is 4. The molecule has 1 atom stereocenters. The normalized spacial score (nSPS) is 20.4. The number of aryl methyl sites for hydroxylation is 1. The number of carboxylic acids is 1. The summed E-state index contributed by atoms with van der Waals surface area (Å²) in [5.41, 5.74) is 1.01. The highest BCUT2D eigenvalue weighted by Crippen LogP contribution is 2.30. The van der Waals surface area contributed by atoms with Gasteiger partial charge >= 0.3 is 5.97 Å². The molecule has 1 saturated heterocycles. The van der Waals surface area contributed by atoms with Crippen molar-refractivity contribution in [2.24, 2.45) is 0 Å². The summed E-state index contributed by atoms with van der Waals surface area (Å²) in [5.74, 6) is -2.28. The zero-order valence-electron chi connectivity index (χ0n) is 12.4. The summed E-state index contributed by atoms with van der Waals surface area (Å²) in [4.78, 5) is 49.0. The van der Waals surface area contributed by atoms with Crippen molar-refractivity contribution < 1.29 is 24.3 Å². The topological polar surface area (TPSA) is 104 Å². The van der Waals surface area contributed by atoms with Crippen molar-refractivity contribution in [3.05, 3.63) is 34.9 Å². The summed E-state index contributed by atoms with van der Waals surface area (Å²) >= 11 is 0. The van der Waals surface area contributed by atoms with E-state index in [1.807, 2.05) is 0 Å². The summed E-state index contributed by atoms with van der Waals surface area (Å²) in [6, 6.07) is 4.03. The number of aliphatic carboxylic acids is 1. The van der Waals surface area contributed by atoms with Crippen LogP contribution in [0.2, 0.25) is 0 Å². The monoisotopic (exact) mass is 316 g/mol. The van der Waals surface area contributed by atoms with Gasteiger partial charge in [0.15, 0.2) is 0 Å². The predicted octanol–water partition coefficient (Wildman–Crippen LogP) is 0.578. The maximum Gasteiger partial charge on any atom is 0.303 e. The SMILES string of the molecule is O=C(O)CCc1cccc2c1C(=O)N(C1CCCNC1=O)C2=O. The molecule has 0 radical (unpaired) electrons. The van der Waals surface area contributed by atoms with Crippen LogP contribution < -0.4 is 5.32 Å². The molecule has 0 bridgehead atoms. The molecule has 2 aliphatic heterocycles. The van der Waals surface area contributed by atoms with Crippen molar-refractivity contribution in [2.75, 3.05) is 6.54 Å². The molecule has 1 aromatic rings. The van der Waals surface area contributed by atoms with Gasteiger partial charge in [-0.3, -0.25) is 24.1 Å². The third-order valence-corrected chi connectivity index (χ3v) is 4.21. The Kier molecular flexibility index (Phi) is 3.85. The quantitative estimate of drug-likeness (QED) is 0.791. The second-order valence-corrected chi connectivity index (χ2v) is 5.66. The molecule has 1 fully saturated rings. The molecule has 1 unspecified atom stereocenters. The van der Waals surface area contributed by atoms with Gasteiger partial charge in [0.2, 0.25) is 5.91 Å². The minimum atomic E-state index is -0.970. The van der Waals surface area contributed by atoms with Gasteiger partial charge in [0, 0.05) is 13.0 Å². The van der Waals surface area contributed by atoms with E-state index in [1.165, 1.54) is 0 Å². The molecule has 120 valence electrons. The molecule has 2 heterocycles. The summed E-state index contributed by atoms with van der Waals surface area (Å²) in [6.45, 7) is 0.544. The van der Waals surface area contributed by atoms with E-state index < -0.39 is 23.8 Å². The van der Waals surface area contributed by atoms with Crippen molar-refractivity contribution in [3.63, 3.8) is 0 Å². The second kappa shape index (κ2) is 5.83. The van der Waals surface area contributed by atoms with E-state index in [-0.39, 0.29) is 29.9 Å². The van der Waals surface area contributed by atoms with Crippen molar-refractivity contribution in [1.82, 2.24) is 10.2 Å². The lowest BCUT2D eigenvalue weighted by molar-refractivity contribution is -0.137. The third-order valence-electron chi connectivity index (χ3n) is 4.21. The molecule has 0 saturated carbocycles. The Morgan fingerprint density at radius 1 is 1.26 bits per heavy atom. The van der Waals surface area contributed by atoms with Crippen LogP contribution in [0.5, 0.6) is 0 Å². The number of carboxylic acid groups (broad SMARTS) is 1. The van der Waals surface area contributed by atoms with Gasteiger partial charge in [-0.1, -0.05) is 12.1 Å². The average Bonchev–Trinajstić information content (AvgIpc) is 2.78. The number of carbonyl (C=O) groups is 4. The first-order chi connectivity index (χ1) is 11.0. The molecule has 2 aliphatic rings. The number of nitrogens with one attached hydrogen (secondary N) is 1. The molecule has 0 aliphatic carbocycles. The molecule has 7 heteroatoms. The molecule has 2 N–H and O–H groups in total. The van der Waals surface area contributed by atoms with Gasteiger partial charge in [-0.15, -0.1) is 0 Å². The van der Waals surface area contributed by atoms with Crippen molar-refractivity contribution in [3.8, 4) is 0 Å². The van der Waals surface area contributed by atoms with Crippen LogP contribution in [-0.2, 0) is 16.0 Å². The predicted molar refractivity (Wildman–Crippen MR) is 78.9 cm³/mol. The summed E-state index contributed by atoms with van der Waals surface area (Å²) < 4.78 is 0. The zero-order valence-corrected chi connectivity index (χ0v) is 12.4. The smallest absolute Gasteiger partial charge is 0.303 e. The lowest BCUT2D eigenvalue weighted by atomic mass is 9.99. The number of amides is 3. The summed E-state index contributed by atoms with van der Waals surface area (Å²) in [6.07, 6.45) is 1.20. The fourth-order valence-corrected chi connectivity index (χ4v) is 3.11. The lowest BCUT2D eigenvalue weighted by Crippen LogP contribution is -2.52. The highest BCUT2D eigenvalue weighted by Gasteiger charge is 2.44. The fourth-order valence-electron chi connectivity index (χ4n) is 3.11. The molecule has 0 spiro atoms. The highest BCUT2D eigenvalue weighted by atomic mass is 16.4. The van der Waals surface area contributed by atoms with Crippen molar-refractivity contribution in [1.29, 1.82) is 0 Å². The van der Waals surface area contributed by atoms with Crippen LogP contribution >= 0.6 is 0 Å². The summed E-state index contributed by atoms with van der Waals surface area (Å²) in [5, 5.41) is 11.5. The van der Waals surface area contributed by atoms with Gasteiger partial charge in [0.25, 0.3) is 11.8 Å².